The third-order valence-electron chi connectivity index (χ3n) is 8.12. The zero-order chi connectivity index (χ0) is 26.6. The molecule has 0 aliphatic carbocycles. The Morgan fingerprint density at radius 1 is 0.816 bits per heavy atom. The van der Waals surface area contributed by atoms with Crippen LogP contribution in [0.5, 0.6) is 0 Å². The summed E-state index contributed by atoms with van der Waals surface area (Å²) in [4.78, 5) is 45.4. The number of benzene rings is 3. The van der Waals surface area contributed by atoms with Gasteiger partial charge < -0.3 is 4.90 Å². The number of hydrogen-bond donors (Lipinski definition) is 1. The largest absolute Gasteiger partial charge is 0.306 e. The number of likely N-dealkylation sites (tertiary alicyclic amines) is 1. The number of hydrogen-bond acceptors (Lipinski definition) is 4. The fourth-order valence-corrected chi connectivity index (χ4v) is 6.57. The van der Waals surface area contributed by atoms with Crippen LogP contribution in [0, 0.1) is 23.6 Å². The van der Waals surface area contributed by atoms with E-state index in [-0.39, 0.29) is 48.6 Å². The van der Waals surface area contributed by atoms with Crippen molar-refractivity contribution in [3.63, 3.8) is 0 Å². The number of nitrogens with zero attached hydrogens (tertiary/aromatic N) is 2. The number of amides is 3. The highest BCUT2D eigenvalue weighted by molar-refractivity contribution is 6.16. The summed E-state index contributed by atoms with van der Waals surface area (Å²) in [6.45, 7) is 4.58. The van der Waals surface area contributed by atoms with Gasteiger partial charge in [-0.3, -0.25) is 24.6 Å². The van der Waals surface area contributed by atoms with Crippen LogP contribution in [-0.2, 0) is 33.0 Å². The highest BCUT2D eigenvalue weighted by atomic mass is 19.1. The molecular weight excluding hydrogens is 481 g/mol. The summed E-state index contributed by atoms with van der Waals surface area (Å²) in [6.07, 6.45) is 0.661. The standard InChI is InChI=1S/C31H30FN3O3/c1-19(2)16-24-26-27(29(37)35(28(26)36)18-20-8-4-3-5-9-20)31(33-24)23-10-6-7-11-25(23)34(30(31)38)17-21-12-14-22(32)15-13-21/h3-15,19,24,26-27,33H,16-18H2,1-2H3/t24-,26-,27-,31-/m0/s1. The maximum atomic E-state index is 14.5. The SMILES string of the molecule is CC(C)C[C@@H]1N[C@]2(C(=O)N(Cc3ccc(F)cc3)c3ccccc32)[C@@H]2C(=O)N(Cc3ccccc3)C(=O)[C@@H]12. The highest BCUT2D eigenvalue weighted by Crippen LogP contribution is 2.55. The summed E-state index contributed by atoms with van der Waals surface area (Å²) in [6, 6.07) is 22.7. The van der Waals surface area contributed by atoms with E-state index in [4.69, 9.17) is 0 Å². The maximum absolute atomic E-state index is 14.5. The quantitative estimate of drug-likeness (QED) is 0.499. The van der Waals surface area contributed by atoms with Crippen molar-refractivity contribution in [1.82, 2.24) is 10.2 Å². The summed E-state index contributed by atoms with van der Waals surface area (Å²) in [5.74, 6) is -2.33. The van der Waals surface area contributed by atoms with Crippen LogP contribution in [-0.4, -0.2) is 28.7 Å². The molecule has 6 rings (SSSR count). The predicted octanol–water partition coefficient (Wildman–Crippen LogP) is 4.39. The Morgan fingerprint density at radius 2 is 1.45 bits per heavy atom. The summed E-state index contributed by atoms with van der Waals surface area (Å²) in [7, 11) is 0. The molecule has 3 heterocycles. The third-order valence-corrected chi connectivity index (χ3v) is 8.12. The van der Waals surface area contributed by atoms with E-state index in [0.717, 1.165) is 16.7 Å². The average Bonchev–Trinajstić information content (AvgIpc) is 3.45. The van der Waals surface area contributed by atoms with Gasteiger partial charge in [0.05, 0.1) is 24.9 Å². The molecule has 4 atom stereocenters. The van der Waals surface area contributed by atoms with Crippen LogP contribution >= 0.6 is 0 Å². The highest BCUT2D eigenvalue weighted by Gasteiger charge is 2.71. The molecule has 194 valence electrons. The molecule has 3 aliphatic heterocycles. The van der Waals surface area contributed by atoms with Crippen molar-refractivity contribution < 1.29 is 18.8 Å². The van der Waals surface area contributed by atoms with Crippen molar-refractivity contribution in [3.8, 4) is 0 Å². The minimum absolute atomic E-state index is 0.186. The molecule has 3 aromatic rings. The summed E-state index contributed by atoms with van der Waals surface area (Å²) < 4.78 is 13.6. The first-order chi connectivity index (χ1) is 18.3. The molecule has 3 amide bonds. The molecule has 6 nitrogen and oxygen atoms in total. The first kappa shape index (κ1) is 24.5. The molecule has 0 radical (unpaired) electrons. The zero-order valence-electron chi connectivity index (χ0n) is 21.4. The van der Waals surface area contributed by atoms with Crippen LogP contribution < -0.4 is 10.2 Å². The minimum Gasteiger partial charge on any atom is -0.306 e. The summed E-state index contributed by atoms with van der Waals surface area (Å²) >= 11 is 0. The van der Waals surface area contributed by atoms with E-state index in [2.05, 4.69) is 19.2 Å². The number of para-hydroxylation sites is 1. The minimum atomic E-state index is -1.33. The first-order valence-corrected chi connectivity index (χ1v) is 13.1. The van der Waals surface area contributed by atoms with Gasteiger partial charge in [0.15, 0.2) is 0 Å². The second-order valence-electron chi connectivity index (χ2n) is 11.0. The van der Waals surface area contributed by atoms with Crippen LogP contribution in [0.2, 0.25) is 0 Å². The van der Waals surface area contributed by atoms with Crippen LogP contribution in [0.3, 0.4) is 0 Å². The van der Waals surface area contributed by atoms with Crippen molar-refractivity contribution in [1.29, 1.82) is 0 Å². The molecule has 1 spiro atoms. The van der Waals surface area contributed by atoms with E-state index in [1.54, 1.807) is 17.0 Å². The van der Waals surface area contributed by atoms with E-state index < -0.39 is 17.4 Å². The molecule has 1 N–H and O–H groups in total. The van der Waals surface area contributed by atoms with Gasteiger partial charge in [0.1, 0.15) is 11.4 Å². The number of rotatable bonds is 6. The normalized spacial score (nSPS) is 26.1. The second kappa shape index (κ2) is 9.17. The Kier molecular flexibility index (Phi) is 5.91. The van der Waals surface area contributed by atoms with Crippen LogP contribution in [0.25, 0.3) is 0 Å². The number of halogens is 1. The molecule has 0 unspecified atom stereocenters. The number of carbonyl (C=O) groups excluding carboxylic acids is 3. The molecule has 7 heteroatoms. The van der Waals surface area contributed by atoms with Gasteiger partial charge in [-0.05, 0) is 41.7 Å². The van der Waals surface area contributed by atoms with Gasteiger partial charge >= 0.3 is 0 Å². The molecule has 0 bridgehead atoms. The van der Waals surface area contributed by atoms with E-state index in [9.17, 15) is 18.8 Å². The number of anilines is 1. The lowest BCUT2D eigenvalue weighted by molar-refractivity contribution is -0.143. The van der Waals surface area contributed by atoms with Crippen molar-refractivity contribution in [2.45, 2.75) is 44.9 Å². The lowest BCUT2D eigenvalue weighted by Gasteiger charge is -2.31. The zero-order valence-corrected chi connectivity index (χ0v) is 21.4. The van der Waals surface area contributed by atoms with Gasteiger partial charge in [-0.15, -0.1) is 0 Å². The Labute approximate surface area is 221 Å². The van der Waals surface area contributed by atoms with Crippen molar-refractivity contribution in [2.24, 2.45) is 17.8 Å². The fourth-order valence-electron chi connectivity index (χ4n) is 6.57. The molecular formula is C31H30FN3O3. The van der Waals surface area contributed by atoms with Crippen molar-refractivity contribution in [3.05, 3.63) is 101 Å². The van der Waals surface area contributed by atoms with Gasteiger partial charge in [-0.2, -0.15) is 0 Å². The van der Waals surface area contributed by atoms with Gasteiger partial charge in [-0.25, -0.2) is 4.39 Å². The monoisotopic (exact) mass is 511 g/mol. The lowest BCUT2D eigenvalue weighted by atomic mass is 9.76. The van der Waals surface area contributed by atoms with E-state index in [0.29, 0.717) is 12.1 Å². The third kappa shape index (κ3) is 3.68. The van der Waals surface area contributed by atoms with Crippen molar-refractivity contribution >= 4 is 23.4 Å². The van der Waals surface area contributed by atoms with Crippen LogP contribution in [0.4, 0.5) is 10.1 Å². The molecule has 0 aromatic heterocycles. The summed E-state index contributed by atoms with van der Waals surface area (Å²) in [5, 5.41) is 3.56. The lowest BCUT2D eigenvalue weighted by Crippen LogP contribution is -2.55. The molecule has 38 heavy (non-hydrogen) atoms. The number of fused-ring (bicyclic) bond motifs is 4. The van der Waals surface area contributed by atoms with Gasteiger partial charge in [0, 0.05) is 17.3 Å². The number of nitrogens with one attached hydrogen (secondary N) is 1. The Hall–Kier alpha value is -3.84. The Morgan fingerprint density at radius 3 is 2.16 bits per heavy atom. The molecule has 0 saturated carbocycles. The van der Waals surface area contributed by atoms with E-state index in [1.807, 2.05) is 54.6 Å². The predicted molar refractivity (Wildman–Crippen MR) is 141 cm³/mol. The van der Waals surface area contributed by atoms with Crippen LogP contribution in [0.15, 0.2) is 78.9 Å². The Bertz CT molecular complexity index is 1410. The van der Waals surface area contributed by atoms with E-state index in [1.165, 1.54) is 17.0 Å². The summed E-state index contributed by atoms with van der Waals surface area (Å²) in [5.41, 5.74) is 1.74. The van der Waals surface area contributed by atoms with Crippen molar-refractivity contribution in [2.75, 3.05) is 4.90 Å². The maximum Gasteiger partial charge on any atom is 0.253 e. The van der Waals surface area contributed by atoms with E-state index >= 15 is 0 Å². The Balaban J connectivity index is 1.44. The smallest absolute Gasteiger partial charge is 0.253 e. The average molecular weight is 512 g/mol. The first-order valence-electron chi connectivity index (χ1n) is 13.1. The molecule has 3 aromatic carbocycles. The fraction of sp³-hybridized carbons (Fsp3) is 0.323. The molecule has 2 fully saturated rings. The van der Waals surface area contributed by atoms with Gasteiger partial charge in [0.2, 0.25) is 11.8 Å². The molecule has 3 aliphatic rings. The van der Waals surface area contributed by atoms with Gasteiger partial charge in [-0.1, -0.05) is 74.5 Å². The topological polar surface area (TPSA) is 69.7 Å². The van der Waals surface area contributed by atoms with Crippen LogP contribution in [0.1, 0.15) is 37.0 Å². The van der Waals surface area contributed by atoms with Gasteiger partial charge in [0.25, 0.3) is 5.91 Å². The number of carbonyl (C=O) groups is 3. The second-order valence-corrected chi connectivity index (χ2v) is 11.0. The molecule has 2 saturated heterocycles. The number of imide groups is 1.